The Morgan fingerprint density at radius 3 is 2.62 bits per heavy atom. The number of hydrogen-bond acceptors (Lipinski definition) is 3. The summed E-state index contributed by atoms with van der Waals surface area (Å²) in [7, 11) is -3.01. The summed E-state index contributed by atoms with van der Waals surface area (Å²) >= 11 is 0. The van der Waals surface area contributed by atoms with Gasteiger partial charge in [-0.2, -0.15) is 0 Å². The third kappa shape index (κ3) is 4.39. The highest BCUT2D eigenvalue weighted by atomic mass is 32.2. The predicted octanol–water partition coefficient (Wildman–Crippen LogP) is 0.706. The van der Waals surface area contributed by atoms with Crippen molar-refractivity contribution in [3.63, 3.8) is 0 Å². The van der Waals surface area contributed by atoms with Gasteiger partial charge < -0.3 is 5.32 Å². The first-order valence-electron chi connectivity index (χ1n) is 6.34. The Labute approximate surface area is 98.2 Å². The Bertz CT molecular complexity index is 306. The van der Waals surface area contributed by atoms with Gasteiger partial charge >= 0.3 is 0 Å². The second-order valence-corrected chi connectivity index (χ2v) is 7.04. The van der Waals surface area contributed by atoms with Gasteiger partial charge in [-0.05, 0) is 44.2 Å². The highest BCUT2D eigenvalue weighted by Gasteiger charge is 2.24. The van der Waals surface area contributed by atoms with Gasteiger partial charge in [0, 0.05) is 6.54 Å². The van der Waals surface area contributed by atoms with E-state index in [4.69, 9.17) is 0 Å². The summed E-state index contributed by atoms with van der Waals surface area (Å²) in [5.74, 6) is 1.48. The van der Waals surface area contributed by atoms with Crippen LogP contribution >= 0.6 is 0 Å². The molecule has 16 heavy (non-hydrogen) atoms. The quantitative estimate of drug-likeness (QED) is 0.725. The van der Waals surface area contributed by atoms with Crippen LogP contribution in [0.25, 0.3) is 0 Å². The van der Waals surface area contributed by atoms with E-state index < -0.39 is 10.0 Å². The van der Waals surface area contributed by atoms with Crippen molar-refractivity contribution < 1.29 is 8.42 Å². The molecule has 1 aliphatic carbocycles. The first kappa shape index (κ1) is 12.3. The summed E-state index contributed by atoms with van der Waals surface area (Å²) in [4.78, 5) is 0. The van der Waals surface area contributed by atoms with E-state index in [2.05, 4.69) is 10.0 Å². The van der Waals surface area contributed by atoms with Crippen molar-refractivity contribution >= 4 is 10.0 Å². The molecule has 0 bridgehead atoms. The normalized spacial score (nSPS) is 26.9. The fourth-order valence-electron chi connectivity index (χ4n) is 2.14. The van der Waals surface area contributed by atoms with Crippen molar-refractivity contribution in [3.05, 3.63) is 0 Å². The highest BCUT2D eigenvalue weighted by molar-refractivity contribution is 7.89. The van der Waals surface area contributed by atoms with Crippen LogP contribution in [-0.4, -0.2) is 33.8 Å². The predicted molar refractivity (Wildman–Crippen MR) is 64.7 cm³/mol. The molecule has 1 heterocycles. The minimum absolute atomic E-state index is 0.317. The third-order valence-corrected chi connectivity index (χ3v) is 4.86. The van der Waals surface area contributed by atoms with Crippen LogP contribution in [0.3, 0.4) is 0 Å². The molecular weight excluding hydrogens is 224 g/mol. The monoisotopic (exact) mass is 246 g/mol. The molecule has 2 rings (SSSR count). The Morgan fingerprint density at radius 1 is 1.19 bits per heavy atom. The topological polar surface area (TPSA) is 58.2 Å². The zero-order chi connectivity index (χ0) is 11.4. The van der Waals surface area contributed by atoms with Crippen LogP contribution < -0.4 is 10.0 Å². The van der Waals surface area contributed by atoms with E-state index in [-0.39, 0.29) is 0 Å². The molecule has 0 aromatic rings. The van der Waals surface area contributed by atoms with Crippen LogP contribution in [0.1, 0.15) is 32.1 Å². The molecule has 1 saturated carbocycles. The maximum absolute atomic E-state index is 11.7. The Hall–Kier alpha value is -0.130. The van der Waals surface area contributed by atoms with E-state index in [1.807, 2.05) is 0 Å². The molecule has 0 aromatic heterocycles. The number of sulfonamides is 1. The second kappa shape index (κ2) is 5.47. The summed E-state index contributed by atoms with van der Waals surface area (Å²) in [6.45, 7) is 2.63. The van der Waals surface area contributed by atoms with Gasteiger partial charge in [-0.1, -0.05) is 12.8 Å². The van der Waals surface area contributed by atoms with Crippen molar-refractivity contribution in [3.8, 4) is 0 Å². The summed E-state index contributed by atoms with van der Waals surface area (Å²) < 4.78 is 26.1. The van der Waals surface area contributed by atoms with Gasteiger partial charge in [-0.25, -0.2) is 13.1 Å². The molecule has 4 nitrogen and oxygen atoms in total. The Kier molecular flexibility index (Phi) is 4.21. The van der Waals surface area contributed by atoms with Crippen molar-refractivity contribution in [2.75, 3.05) is 25.4 Å². The molecule has 1 aliphatic heterocycles. The van der Waals surface area contributed by atoms with E-state index in [1.165, 1.54) is 12.8 Å². The van der Waals surface area contributed by atoms with E-state index in [0.29, 0.717) is 24.1 Å². The van der Waals surface area contributed by atoms with E-state index in [0.717, 1.165) is 32.4 Å². The van der Waals surface area contributed by atoms with Gasteiger partial charge in [0.25, 0.3) is 0 Å². The molecule has 94 valence electrons. The summed E-state index contributed by atoms with van der Waals surface area (Å²) in [6, 6.07) is 0. The van der Waals surface area contributed by atoms with Crippen molar-refractivity contribution in [1.29, 1.82) is 0 Å². The lowest BCUT2D eigenvalue weighted by Crippen LogP contribution is -2.38. The van der Waals surface area contributed by atoms with Crippen molar-refractivity contribution in [2.45, 2.75) is 32.1 Å². The van der Waals surface area contributed by atoms with Crippen molar-refractivity contribution in [2.24, 2.45) is 11.8 Å². The summed E-state index contributed by atoms with van der Waals surface area (Å²) in [6.07, 6.45) is 5.59. The average Bonchev–Trinajstić information content (AvgIpc) is 3.09. The molecule has 5 heteroatoms. The number of piperidine rings is 1. The molecule has 2 N–H and O–H groups in total. The molecule has 1 saturated heterocycles. The van der Waals surface area contributed by atoms with Crippen LogP contribution in [0.4, 0.5) is 0 Å². The fourth-order valence-corrected chi connectivity index (χ4v) is 3.42. The molecule has 0 spiro atoms. The standard InChI is InChI=1S/C11H22N2O2S/c14-16(15,7-5-10-3-4-10)13-9-11-2-1-6-12-8-11/h10-13H,1-9H2. The zero-order valence-electron chi connectivity index (χ0n) is 9.74. The summed E-state index contributed by atoms with van der Waals surface area (Å²) in [5.41, 5.74) is 0. The van der Waals surface area contributed by atoms with Crippen LogP contribution in [0, 0.1) is 11.8 Å². The van der Waals surface area contributed by atoms with Gasteiger partial charge in [0.1, 0.15) is 0 Å². The average molecular weight is 246 g/mol. The molecule has 1 unspecified atom stereocenters. The Balaban J connectivity index is 1.65. The number of rotatable bonds is 6. The van der Waals surface area contributed by atoms with Gasteiger partial charge in [0.05, 0.1) is 5.75 Å². The van der Waals surface area contributed by atoms with Gasteiger partial charge in [-0.3, -0.25) is 0 Å². The first-order chi connectivity index (χ1) is 7.66. The van der Waals surface area contributed by atoms with Crippen molar-refractivity contribution in [1.82, 2.24) is 10.0 Å². The number of hydrogen-bond donors (Lipinski definition) is 2. The van der Waals surface area contributed by atoms with Crippen LogP contribution in [0.2, 0.25) is 0 Å². The van der Waals surface area contributed by atoms with Gasteiger partial charge in [-0.15, -0.1) is 0 Å². The molecular formula is C11H22N2O2S. The largest absolute Gasteiger partial charge is 0.316 e. The second-order valence-electron chi connectivity index (χ2n) is 5.11. The summed E-state index contributed by atoms with van der Waals surface area (Å²) in [5, 5.41) is 3.30. The highest BCUT2D eigenvalue weighted by Crippen LogP contribution is 2.32. The van der Waals surface area contributed by atoms with Gasteiger partial charge in [0.2, 0.25) is 10.0 Å². The van der Waals surface area contributed by atoms with E-state index in [1.54, 1.807) is 0 Å². The van der Waals surface area contributed by atoms with E-state index in [9.17, 15) is 8.42 Å². The Morgan fingerprint density at radius 2 is 2.00 bits per heavy atom. The SMILES string of the molecule is O=S(=O)(CCC1CC1)NCC1CCCNC1. The van der Waals surface area contributed by atoms with E-state index >= 15 is 0 Å². The maximum Gasteiger partial charge on any atom is 0.211 e. The fraction of sp³-hybridized carbons (Fsp3) is 1.00. The smallest absolute Gasteiger partial charge is 0.211 e. The van der Waals surface area contributed by atoms with Gasteiger partial charge in [0.15, 0.2) is 0 Å². The third-order valence-electron chi connectivity index (χ3n) is 3.48. The van der Waals surface area contributed by atoms with Crippen LogP contribution in [0.5, 0.6) is 0 Å². The zero-order valence-corrected chi connectivity index (χ0v) is 10.6. The molecule has 0 radical (unpaired) electrons. The minimum Gasteiger partial charge on any atom is -0.316 e. The molecule has 2 fully saturated rings. The van der Waals surface area contributed by atoms with Crippen LogP contribution in [-0.2, 0) is 10.0 Å². The molecule has 0 aromatic carbocycles. The first-order valence-corrected chi connectivity index (χ1v) is 7.99. The number of nitrogens with one attached hydrogen (secondary N) is 2. The molecule has 0 amide bonds. The maximum atomic E-state index is 11.7. The molecule has 2 aliphatic rings. The lowest BCUT2D eigenvalue weighted by Gasteiger charge is -2.22. The lowest BCUT2D eigenvalue weighted by atomic mass is 10.0. The molecule has 1 atom stereocenters. The van der Waals surface area contributed by atoms with Crippen LogP contribution in [0.15, 0.2) is 0 Å². The minimum atomic E-state index is -3.01. The lowest BCUT2D eigenvalue weighted by molar-refractivity contribution is 0.375.